The van der Waals surface area contributed by atoms with Gasteiger partial charge in [0.15, 0.2) is 0 Å². The maximum atomic E-state index is 6.14. The van der Waals surface area contributed by atoms with Crippen molar-refractivity contribution in [3.05, 3.63) is 23.2 Å². The fourth-order valence-corrected chi connectivity index (χ4v) is 1.77. The highest BCUT2D eigenvalue weighted by Gasteiger charge is 2.20. The first kappa shape index (κ1) is 11.6. The standard InChI is InChI=1S/C13H18ClNO/c1-9(2)16-13-6-5-11(7-12(13)14)15-8-10-3-4-10/h5-7,9-10,15H,3-4,8H2,1-2H3. The summed E-state index contributed by atoms with van der Waals surface area (Å²) in [6, 6.07) is 5.88. The van der Waals surface area contributed by atoms with Crippen molar-refractivity contribution in [3.63, 3.8) is 0 Å². The van der Waals surface area contributed by atoms with E-state index in [4.69, 9.17) is 16.3 Å². The third-order valence-electron chi connectivity index (χ3n) is 2.59. The molecule has 2 nitrogen and oxygen atoms in total. The molecule has 0 heterocycles. The van der Waals surface area contributed by atoms with E-state index in [2.05, 4.69) is 5.32 Å². The first-order valence-corrected chi connectivity index (χ1v) is 6.23. The molecule has 0 radical (unpaired) electrons. The van der Waals surface area contributed by atoms with E-state index in [0.29, 0.717) is 5.02 Å². The van der Waals surface area contributed by atoms with Gasteiger partial charge in [-0.05, 0) is 50.8 Å². The Bertz CT molecular complexity index is 361. The van der Waals surface area contributed by atoms with E-state index >= 15 is 0 Å². The van der Waals surface area contributed by atoms with Crippen LogP contribution in [0.15, 0.2) is 18.2 Å². The summed E-state index contributed by atoms with van der Waals surface area (Å²) in [5, 5.41) is 4.06. The van der Waals surface area contributed by atoms with E-state index < -0.39 is 0 Å². The number of hydrogen-bond acceptors (Lipinski definition) is 2. The van der Waals surface area contributed by atoms with Crippen LogP contribution in [-0.4, -0.2) is 12.6 Å². The predicted molar refractivity (Wildman–Crippen MR) is 68.4 cm³/mol. The highest BCUT2D eigenvalue weighted by Crippen LogP contribution is 2.31. The average molecular weight is 240 g/mol. The molecule has 1 aromatic carbocycles. The van der Waals surface area contributed by atoms with Crippen LogP contribution in [0.4, 0.5) is 5.69 Å². The molecule has 1 aromatic rings. The highest BCUT2D eigenvalue weighted by atomic mass is 35.5. The Labute approximate surface area is 102 Å². The second-order valence-electron chi connectivity index (χ2n) is 4.64. The van der Waals surface area contributed by atoms with Crippen LogP contribution >= 0.6 is 11.6 Å². The van der Waals surface area contributed by atoms with E-state index in [1.54, 1.807) is 0 Å². The number of rotatable bonds is 5. The van der Waals surface area contributed by atoms with Gasteiger partial charge in [0, 0.05) is 12.2 Å². The van der Waals surface area contributed by atoms with Crippen LogP contribution in [-0.2, 0) is 0 Å². The molecule has 1 aliphatic carbocycles. The molecule has 0 aliphatic heterocycles. The van der Waals surface area contributed by atoms with Gasteiger partial charge in [-0.1, -0.05) is 11.6 Å². The molecule has 1 fully saturated rings. The molecule has 3 heteroatoms. The van der Waals surface area contributed by atoms with Gasteiger partial charge in [-0.25, -0.2) is 0 Å². The Kier molecular flexibility index (Phi) is 3.59. The summed E-state index contributed by atoms with van der Waals surface area (Å²) in [4.78, 5) is 0. The number of hydrogen-bond donors (Lipinski definition) is 1. The topological polar surface area (TPSA) is 21.3 Å². The lowest BCUT2D eigenvalue weighted by Crippen LogP contribution is -2.07. The van der Waals surface area contributed by atoms with Gasteiger partial charge in [-0.2, -0.15) is 0 Å². The number of nitrogens with one attached hydrogen (secondary N) is 1. The molecule has 0 amide bonds. The molecule has 1 aliphatic rings. The van der Waals surface area contributed by atoms with E-state index in [-0.39, 0.29) is 6.10 Å². The van der Waals surface area contributed by atoms with Gasteiger partial charge in [-0.3, -0.25) is 0 Å². The fourth-order valence-electron chi connectivity index (χ4n) is 1.54. The molecule has 1 saturated carbocycles. The third kappa shape index (κ3) is 3.31. The van der Waals surface area contributed by atoms with Crippen LogP contribution in [0.3, 0.4) is 0 Å². The van der Waals surface area contributed by atoms with Gasteiger partial charge >= 0.3 is 0 Å². The Hall–Kier alpha value is -0.890. The molecule has 0 bridgehead atoms. The third-order valence-corrected chi connectivity index (χ3v) is 2.88. The van der Waals surface area contributed by atoms with Gasteiger partial charge < -0.3 is 10.1 Å². The van der Waals surface area contributed by atoms with Crippen molar-refractivity contribution in [2.75, 3.05) is 11.9 Å². The minimum Gasteiger partial charge on any atom is -0.489 e. The summed E-state index contributed by atoms with van der Waals surface area (Å²) >= 11 is 6.14. The molecule has 0 saturated heterocycles. The first-order valence-electron chi connectivity index (χ1n) is 5.85. The second kappa shape index (κ2) is 4.96. The lowest BCUT2D eigenvalue weighted by Gasteiger charge is -2.13. The summed E-state index contributed by atoms with van der Waals surface area (Å²) in [7, 11) is 0. The molecule has 1 N–H and O–H groups in total. The van der Waals surface area contributed by atoms with E-state index in [9.17, 15) is 0 Å². The van der Waals surface area contributed by atoms with Crippen LogP contribution in [0.5, 0.6) is 5.75 Å². The maximum absolute atomic E-state index is 6.14. The molecule has 0 atom stereocenters. The van der Waals surface area contributed by atoms with Crippen molar-refractivity contribution < 1.29 is 4.74 Å². The van der Waals surface area contributed by atoms with Crippen LogP contribution in [0.1, 0.15) is 26.7 Å². The normalized spacial score (nSPS) is 15.2. The average Bonchev–Trinajstić information content (AvgIpc) is 3.02. The largest absolute Gasteiger partial charge is 0.489 e. The van der Waals surface area contributed by atoms with Gasteiger partial charge in [0.2, 0.25) is 0 Å². The van der Waals surface area contributed by atoms with Crippen LogP contribution in [0.2, 0.25) is 5.02 Å². The van der Waals surface area contributed by atoms with Gasteiger partial charge in [0.1, 0.15) is 5.75 Å². The number of ether oxygens (including phenoxy) is 1. The minimum absolute atomic E-state index is 0.155. The molecule has 0 unspecified atom stereocenters. The van der Waals surface area contributed by atoms with E-state index in [0.717, 1.165) is 23.9 Å². The van der Waals surface area contributed by atoms with Crippen LogP contribution in [0, 0.1) is 5.92 Å². The molecule has 0 spiro atoms. The Morgan fingerprint density at radius 2 is 2.19 bits per heavy atom. The smallest absolute Gasteiger partial charge is 0.138 e. The lowest BCUT2D eigenvalue weighted by molar-refractivity contribution is 0.242. The van der Waals surface area contributed by atoms with E-state index in [1.807, 2.05) is 32.0 Å². The van der Waals surface area contributed by atoms with E-state index in [1.165, 1.54) is 12.8 Å². The summed E-state index contributed by atoms with van der Waals surface area (Å²) in [5.41, 5.74) is 1.08. The summed E-state index contributed by atoms with van der Waals surface area (Å²) < 4.78 is 5.58. The van der Waals surface area contributed by atoms with Crippen molar-refractivity contribution >= 4 is 17.3 Å². The number of anilines is 1. The number of benzene rings is 1. The second-order valence-corrected chi connectivity index (χ2v) is 5.04. The van der Waals surface area contributed by atoms with Crippen molar-refractivity contribution in [2.45, 2.75) is 32.8 Å². The van der Waals surface area contributed by atoms with Crippen LogP contribution < -0.4 is 10.1 Å². The Balaban J connectivity index is 1.97. The lowest BCUT2D eigenvalue weighted by atomic mass is 10.3. The van der Waals surface area contributed by atoms with Crippen molar-refractivity contribution in [3.8, 4) is 5.75 Å². The minimum atomic E-state index is 0.155. The highest BCUT2D eigenvalue weighted by molar-refractivity contribution is 6.32. The molecule has 16 heavy (non-hydrogen) atoms. The fraction of sp³-hybridized carbons (Fsp3) is 0.538. The molecular weight excluding hydrogens is 222 g/mol. The van der Waals surface area contributed by atoms with Gasteiger partial charge in [-0.15, -0.1) is 0 Å². The van der Waals surface area contributed by atoms with Gasteiger partial charge in [0.25, 0.3) is 0 Å². The van der Waals surface area contributed by atoms with Crippen molar-refractivity contribution in [2.24, 2.45) is 5.92 Å². The predicted octanol–water partition coefficient (Wildman–Crippen LogP) is 3.95. The van der Waals surface area contributed by atoms with Gasteiger partial charge in [0.05, 0.1) is 11.1 Å². The monoisotopic (exact) mass is 239 g/mol. The summed E-state index contributed by atoms with van der Waals surface area (Å²) in [5.74, 6) is 1.62. The molecule has 88 valence electrons. The Morgan fingerprint density at radius 1 is 1.44 bits per heavy atom. The Morgan fingerprint density at radius 3 is 2.75 bits per heavy atom. The zero-order chi connectivity index (χ0) is 11.5. The maximum Gasteiger partial charge on any atom is 0.138 e. The zero-order valence-corrected chi connectivity index (χ0v) is 10.6. The molecule has 0 aromatic heterocycles. The summed E-state index contributed by atoms with van der Waals surface area (Å²) in [6.45, 7) is 5.05. The molecule has 2 rings (SSSR count). The summed E-state index contributed by atoms with van der Waals surface area (Å²) in [6.07, 6.45) is 2.87. The first-order chi connectivity index (χ1) is 7.65. The quantitative estimate of drug-likeness (QED) is 0.840. The van der Waals surface area contributed by atoms with Crippen LogP contribution in [0.25, 0.3) is 0 Å². The zero-order valence-electron chi connectivity index (χ0n) is 9.79. The van der Waals surface area contributed by atoms with Crippen molar-refractivity contribution in [1.82, 2.24) is 0 Å². The van der Waals surface area contributed by atoms with Crippen molar-refractivity contribution in [1.29, 1.82) is 0 Å². The SMILES string of the molecule is CC(C)Oc1ccc(NCC2CC2)cc1Cl. The number of halogens is 1. The molecular formula is C13H18ClNO.